The lowest BCUT2D eigenvalue weighted by atomic mass is 9.75. The number of guanidine groups is 1. The second-order valence-electron chi connectivity index (χ2n) is 7.83. The van der Waals surface area contributed by atoms with Gasteiger partial charge in [0.1, 0.15) is 11.6 Å². The number of furan rings is 1. The van der Waals surface area contributed by atoms with Crippen molar-refractivity contribution in [3.8, 4) is 0 Å². The summed E-state index contributed by atoms with van der Waals surface area (Å²) in [6, 6.07) is 5.44. The number of fused-ring (bicyclic) bond motifs is 1. The van der Waals surface area contributed by atoms with Crippen LogP contribution in [-0.4, -0.2) is 23.5 Å². The molecule has 158 valence electrons. The molecule has 0 radical (unpaired) electrons. The quantitative estimate of drug-likeness (QED) is 0.343. The predicted octanol–water partition coefficient (Wildman–Crippen LogP) is 1.75. The monoisotopic (exact) mass is 414 g/mol. The van der Waals surface area contributed by atoms with Crippen LogP contribution in [0.4, 0.5) is 4.39 Å². The first kappa shape index (κ1) is 21.0. The number of carbonyl (C=O) groups excluding carboxylic acids is 2. The number of carbonyl (C=O) groups is 2. The SMILES string of the molecule is Cc1c(C(=O)NNC(=O)c2ccccc2F)oc2c1/C(=N\N=C(N)N)CC(C)(C)C2. The number of hydrogen-bond acceptors (Lipinski definition) is 5. The van der Waals surface area contributed by atoms with Crippen molar-refractivity contribution < 1.29 is 18.4 Å². The minimum Gasteiger partial charge on any atom is -0.455 e. The smallest absolute Gasteiger partial charge is 0.305 e. The van der Waals surface area contributed by atoms with Crippen molar-refractivity contribution >= 4 is 23.5 Å². The van der Waals surface area contributed by atoms with Gasteiger partial charge in [-0.3, -0.25) is 20.4 Å². The van der Waals surface area contributed by atoms with Gasteiger partial charge in [-0.2, -0.15) is 5.10 Å². The van der Waals surface area contributed by atoms with E-state index in [4.69, 9.17) is 15.9 Å². The van der Waals surface area contributed by atoms with E-state index < -0.39 is 17.6 Å². The van der Waals surface area contributed by atoms with Gasteiger partial charge in [0, 0.05) is 17.5 Å². The highest BCUT2D eigenvalue weighted by atomic mass is 19.1. The van der Waals surface area contributed by atoms with Crippen molar-refractivity contribution in [1.82, 2.24) is 10.9 Å². The minimum atomic E-state index is -0.786. The van der Waals surface area contributed by atoms with Crippen LogP contribution in [0.5, 0.6) is 0 Å². The van der Waals surface area contributed by atoms with E-state index in [1.165, 1.54) is 18.2 Å². The molecule has 0 saturated carbocycles. The Balaban J connectivity index is 1.85. The molecule has 0 unspecified atom stereocenters. The normalized spacial score (nSPS) is 15.9. The van der Waals surface area contributed by atoms with Gasteiger partial charge in [0.25, 0.3) is 5.91 Å². The number of hydrazine groups is 1. The zero-order chi connectivity index (χ0) is 22.1. The molecule has 0 atom stereocenters. The number of rotatable bonds is 3. The van der Waals surface area contributed by atoms with Gasteiger partial charge < -0.3 is 15.9 Å². The molecule has 0 spiro atoms. The number of nitrogens with one attached hydrogen (secondary N) is 2. The molecule has 9 nitrogen and oxygen atoms in total. The van der Waals surface area contributed by atoms with Crippen LogP contribution in [0, 0.1) is 18.2 Å². The van der Waals surface area contributed by atoms with Crippen molar-refractivity contribution in [3.05, 3.63) is 58.3 Å². The molecule has 0 fully saturated rings. The summed E-state index contributed by atoms with van der Waals surface area (Å²) in [4.78, 5) is 24.7. The Morgan fingerprint density at radius 2 is 1.80 bits per heavy atom. The molecule has 1 aromatic carbocycles. The minimum absolute atomic E-state index is 0.0175. The first-order valence-electron chi connectivity index (χ1n) is 9.22. The Labute approximate surface area is 172 Å². The number of nitrogens with zero attached hydrogens (tertiary/aromatic N) is 2. The number of halogens is 1. The molecule has 10 heteroatoms. The van der Waals surface area contributed by atoms with Crippen molar-refractivity contribution in [3.63, 3.8) is 0 Å². The summed E-state index contributed by atoms with van der Waals surface area (Å²) in [6.45, 7) is 5.78. The zero-order valence-corrected chi connectivity index (χ0v) is 16.9. The Hall–Kier alpha value is -3.69. The average molecular weight is 414 g/mol. The summed E-state index contributed by atoms with van der Waals surface area (Å²) in [7, 11) is 0. The van der Waals surface area contributed by atoms with Gasteiger partial charge in [0.05, 0.1) is 11.3 Å². The van der Waals surface area contributed by atoms with E-state index in [9.17, 15) is 14.0 Å². The molecule has 3 rings (SSSR count). The number of nitrogens with two attached hydrogens (primary N) is 2. The van der Waals surface area contributed by atoms with Gasteiger partial charge in [-0.1, -0.05) is 26.0 Å². The van der Waals surface area contributed by atoms with Gasteiger partial charge >= 0.3 is 5.91 Å². The maximum absolute atomic E-state index is 13.7. The highest BCUT2D eigenvalue weighted by molar-refractivity contribution is 6.07. The van der Waals surface area contributed by atoms with Crippen LogP contribution in [0.3, 0.4) is 0 Å². The van der Waals surface area contributed by atoms with E-state index in [1.807, 2.05) is 13.8 Å². The van der Waals surface area contributed by atoms with Crippen molar-refractivity contribution in [2.24, 2.45) is 27.1 Å². The lowest BCUT2D eigenvalue weighted by Crippen LogP contribution is -2.42. The third-order valence-electron chi connectivity index (χ3n) is 4.69. The maximum Gasteiger partial charge on any atom is 0.305 e. The van der Waals surface area contributed by atoms with Crippen LogP contribution in [0.2, 0.25) is 0 Å². The van der Waals surface area contributed by atoms with Gasteiger partial charge in [0.2, 0.25) is 5.96 Å². The molecule has 30 heavy (non-hydrogen) atoms. The van der Waals surface area contributed by atoms with Crippen LogP contribution in [0.15, 0.2) is 38.9 Å². The van der Waals surface area contributed by atoms with Crippen LogP contribution >= 0.6 is 0 Å². The molecule has 2 aromatic rings. The van der Waals surface area contributed by atoms with Crippen molar-refractivity contribution in [2.75, 3.05) is 0 Å². The summed E-state index contributed by atoms with van der Waals surface area (Å²) in [5.41, 5.74) is 16.7. The number of hydrogen-bond donors (Lipinski definition) is 4. The highest BCUT2D eigenvalue weighted by Gasteiger charge is 2.36. The van der Waals surface area contributed by atoms with E-state index in [2.05, 4.69) is 21.1 Å². The Morgan fingerprint density at radius 3 is 2.47 bits per heavy atom. The third kappa shape index (κ3) is 4.32. The van der Waals surface area contributed by atoms with E-state index in [-0.39, 0.29) is 22.7 Å². The lowest BCUT2D eigenvalue weighted by molar-refractivity contribution is 0.0826. The van der Waals surface area contributed by atoms with Gasteiger partial charge in [-0.25, -0.2) is 4.39 Å². The van der Waals surface area contributed by atoms with Crippen molar-refractivity contribution in [1.29, 1.82) is 0 Å². The lowest BCUT2D eigenvalue weighted by Gasteiger charge is -2.29. The molecule has 1 heterocycles. The first-order valence-corrected chi connectivity index (χ1v) is 9.22. The average Bonchev–Trinajstić information content (AvgIpc) is 2.99. The fraction of sp³-hybridized carbons (Fsp3) is 0.300. The molecule has 0 aliphatic heterocycles. The Kier molecular flexibility index (Phi) is 5.59. The molecule has 6 N–H and O–H groups in total. The van der Waals surface area contributed by atoms with Crippen LogP contribution in [0.1, 0.15) is 58.1 Å². The molecule has 2 amide bonds. The van der Waals surface area contributed by atoms with E-state index in [0.717, 1.165) is 6.07 Å². The summed E-state index contributed by atoms with van der Waals surface area (Å²) in [5, 5.41) is 7.86. The fourth-order valence-corrected chi connectivity index (χ4v) is 3.42. The summed E-state index contributed by atoms with van der Waals surface area (Å²) in [6.07, 6.45) is 1.17. The topological polar surface area (TPSA) is 148 Å². The Bertz CT molecular complexity index is 1070. The van der Waals surface area contributed by atoms with Crippen molar-refractivity contribution in [2.45, 2.75) is 33.6 Å². The number of amides is 2. The van der Waals surface area contributed by atoms with E-state index >= 15 is 0 Å². The van der Waals surface area contributed by atoms with Gasteiger partial charge in [-0.05, 0) is 30.9 Å². The fourth-order valence-electron chi connectivity index (χ4n) is 3.42. The second kappa shape index (κ2) is 7.97. The van der Waals surface area contributed by atoms with Gasteiger partial charge in [0.15, 0.2) is 5.76 Å². The molecule has 1 aromatic heterocycles. The molecule has 0 saturated heterocycles. The molecular formula is C20H23FN6O3. The standard InChI is InChI=1S/C20H23FN6O3/c1-10-15-13(24-27-19(22)23)8-20(2,3)9-14(15)30-16(10)18(29)26-25-17(28)11-6-4-5-7-12(11)21/h4-7H,8-9H2,1-3H3,(H,25,28)(H,26,29)(H4,22,23,27)/b24-13-. The summed E-state index contributed by atoms with van der Waals surface area (Å²) in [5.74, 6) is -1.74. The van der Waals surface area contributed by atoms with Crippen LogP contribution in [-0.2, 0) is 6.42 Å². The first-order chi connectivity index (χ1) is 14.1. The summed E-state index contributed by atoms with van der Waals surface area (Å²) >= 11 is 0. The highest BCUT2D eigenvalue weighted by Crippen LogP contribution is 2.38. The van der Waals surface area contributed by atoms with Crippen LogP contribution in [0.25, 0.3) is 0 Å². The second-order valence-corrected chi connectivity index (χ2v) is 7.83. The largest absolute Gasteiger partial charge is 0.455 e. The molecule has 0 bridgehead atoms. The van der Waals surface area contributed by atoms with E-state index in [0.29, 0.717) is 35.4 Å². The van der Waals surface area contributed by atoms with E-state index in [1.54, 1.807) is 6.92 Å². The summed E-state index contributed by atoms with van der Waals surface area (Å²) < 4.78 is 19.5. The predicted molar refractivity (Wildman–Crippen MR) is 109 cm³/mol. The van der Waals surface area contributed by atoms with Gasteiger partial charge in [-0.15, -0.1) is 5.10 Å². The zero-order valence-electron chi connectivity index (χ0n) is 16.9. The molecule has 1 aliphatic rings. The molecule has 1 aliphatic carbocycles. The molecular weight excluding hydrogens is 391 g/mol. The third-order valence-corrected chi connectivity index (χ3v) is 4.69. The number of benzene rings is 1. The maximum atomic E-state index is 13.7. The Morgan fingerprint density at radius 1 is 1.13 bits per heavy atom. The van der Waals surface area contributed by atoms with Crippen LogP contribution < -0.4 is 22.3 Å².